The van der Waals surface area contributed by atoms with Crippen molar-refractivity contribution in [2.24, 2.45) is 0 Å². The first-order chi connectivity index (χ1) is 14.3. The summed E-state index contributed by atoms with van der Waals surface area (Å²) in [6.07, 6.45) is 15.5. The molecule has 1 aromatic heterocycles. The Morgan fingerprint density at radius 1 is 0.690 bits per heavy atom. The minimum absolute atomic E-state index is 0.674. The number of aryl methyl sites for hydroxylation is 1. The van der Waals surface area contributed by atoms with Crippen molar-refractivity contribution in [3.05, 3.63) is 42.2 Å². The molecule has 0 spiro atoms. The van der Waals surface area contributed by atoms with Crippen LogP contribution in [0.5, 0.6) is 5.75 Å². The lowest BCUT2D eigenvalue weighted by Crippen LogP contribution is -2.02. The fourth-order valence-corrected chi connectivity index (χ4v) is 3.17. The van der Waals surface area contributed by atoms with Gasteiger partial charge in [-0.2, -0.15) is 0 Å². The number of nitrogens with zero attached hydrogens (tertiary/aromatic N) is 2. The summed E-state index contributed by atoms with van der Waals surface area (Å²) in [5, 5.41) is 0. The van der Waals surface area contributed by atoms with Crippen LogP contribution < -0.4 is 4.74 Å². The van der Waals surface area contributed by atoms with E-state index in [1.165, 1.54) is 50.5 Å². The van der Waals surface area contributed by atoms with E-state index in [-0.39, 0.29) is 0 Å². The number of unbranched alkanes of at least 4 members (excludes halogenated alkanes) is 6. The molecular weight excluding hydrogens is 360 g/mol. The van der Waals surface area contributed by atoms with Crippen molar-refractivity contribution in [3.8, 4) is 17.1 Å². The SMILES string of the molecule is CCCCCCc1ccc(-c2ncc(OCCCCOCCCCC)cn2)cc1. The molecule has 29 heavy (non-hydrogen) atoms. The van der Waals surface area contributed by atoms with Crippen LogP contribution in [0.3, 0.4) is 0 Å². The van der Waals surface area contributed by atoms with Crippen LogP contribution in [0.25, 0.3) is 11.4 Å². The van der Waals surface area contributed by atoms with Crippen molar-refractivity contribution in [1.82, 2.24) is 9.97 Å². The number of benzene rings is 1. The third kappa shape index (κ3) is 9.89. The van der Waals surface area contributed by atoms with Gasteiger partial charge in [-0.05, 0) is 37.7 Å². The Hall–Kier alpha value is -1.94. The van der Waals surface area contributed by atoms with Gasteiger partial charge in [-0.3, -0.25) is 0 Å². The molecule has 0 aliphatic rings. The van der Waals surface area contributed by atoms with E-state index in [0.717, 1.165) is 49.6 Å². The lowest BCUT2D eigenvalue weighted by Gasteiger charge is -2.07. The molecular formula is C25H38N2O2. The van der Waals surface area contributed by atoms with Gasteiger partial charge in [-0.25, -0.2) is 9.97 Å². The molecule has 1 heterocycles. The molecule has 0 aliphatic heterocycles. The van der Waals surface area contributed by atoms with E-state index in [2.05, 4.69) is 48.1 Å². The second kappa shape index (κ2) is 15.0. The Bertz CT molecular complexity index is 641. The van der Waals surface area contributed by atoms with Gasteiger partial charge < -0.3 is 9.47 Å². The highest BCUT2D eigenvalue weighted by atomic mass is 16.5. The maximum absolute atomic E-state index is 5.74. The number of hydrogen-bond donors (Lipinski definition) is 0. The zero-order valence-corrected chi connectivity index (χ0v) is 18.4. The average Bonchev–Trinajstić information content (AvgIpc) is 2.76. The van der Waals surface area contributed by atoms with Gasteiger partial charge >= 0.3 is 0 Å². The topological polar surface area (TPSA) is 44.2 Å². The molecule has 0 saturated carbocycles. The first-order valence-electron chi connectivity index (χ1n) is 11.5. The van der Waals surface area contributed by atoms with E-state index in [4.69, 9.17) is 9.47 Å². The fourth-order valence-electron chi connectivity index (χ4n) is 3.17. The molecule has 0 saturated heterocycles. The summed E-state index contributed by atoms with van der Waals surface area (Å²) in [6, 6.07) is 8.62. The Morgan fingerprint density at radius 2 is 1.31 bits per heavy atom. The summed E-state index contributed by atoms with van der Waals surface area (Å²) >= 11 is 0. The van der Waals surface area contributed by atoms with Gasteiger partial charge in [0, 0.05) is 18.8 Å². The van der Waals surface area contributed by atoms with Gasteiger partial charge in [0.2, 0.25) is 0 Å². The Morgan fingerprint density at radius 3 is 2.00 bits per heavy atom. The van der Waals surface area contributed by atoms with Gasteiger partial charge in [0.05, 0.1) is 19.0 Å². The van der Waals surface area contributed by atoms with Crippen molar-refractivity contribution in [3.63, 3.8) is 0 Å². The zero-order chi connectivity index (χ0) is 20.6. The number of hydrogen-bond acceptors (Lipinski definition) is 4. The zero-order valence-electron chi connectivity index (χ0n) is 18.4. The van der Waals surface area contributed by atoms with Crippen LogP contribution in [-0.4, -0.2) is 29.8 Å². The highest BCUT2D eigenvalue weighted by Gasteiger charge is 2.03. The average molecular weight is 399 g/mol. The Labute approximate surface area is 177 Å². The minimum atomic E-state index is 0.674. The maximum atomic E-state index is 5.74. The highest BCUT2D eigenvalue weighted by Crippen LogP contribution is 2.18. The van der Waals surface area contributed by atoms with Gasteiger partial charge in [0.25, 0.3) is 0 Å². The molecule has 0 atom stereocenters. The molecule has 2 rings (SSSR count). The van der Waals surface area contributed by atoms with Gasteiger partial charge in [-0.1, -0.05) is 70.2 Å². The Kier molecular flexibility index (Phi) is 12.1. The van der Waals surface area contributed by atoms with Crippen molar-refractivity contribution in [1.29, 1.82) is 0 Å². The lowest BCUT2D eigenvalue weighted by atomic mass is 10.0. The van der Waals surface area contributed by atoms with E-state index < -0.39 is 0 Å². The van der Waals surface area contributed by atoms with Crippen molar-refractivity contribution < 1.29 is 9.47 Å². The van der Waals surface area contributed by atoms with E-state index in [9.17, 15) is 0 Å². The molecule has 2 aromatic rings. The quantitative estimate of drug-likeness (QED) is 0.298. The van der Waals surface area contributed by atoms with Crippen LogP contribution in [0.1, 0.15) is 77.2 Å². The minimum Gasteiger partial charge on any atom is -0.490 e. The summed E-state index contributed by atoms with van der Waals surface area (Å²) in [7, 11) is 0. The smallest absolute Gasteiger partial charge is 0.159 e. The summed E-state index contributed by atoms with van der Waals surface area (Å²) in [5.74, 6) is 1.47. The van der Waals surface area contributed by atoms with E-state index in [1.54, 1.807) is 12.4 Å². The monoisotopic (exact) mass is 398 g/mol. The first kappa shape index (κ1) is 23.3. The molecule has 0 unspecified atom stereocenters. The predicted molar refractivity (Wildman–Crippen MR) is 120 cm³/mol. The largest absolute Gasteiger partial charge is 0.490 e. The van der Waals surface area contributed by atoms with Crippen molar-refractivity contribution >= 4 is 0 Å². The maximum Gasteiger partial charge on any atom is 0.159 e. The van der Waals surface area contributed by atoms with E-state index >= 15 is 0 Å². The molecule has 4 heteroatoms. The molecule has 0 fully saturated rings. The summed E-state index contributed by atoms with van der Waals surface area (Å²) < 4.78 is 11.4. The van der Waals surface area contributed by atoms with E-state index in [1.807, 2.05) is 0 Å². The Balaban J connectivity index is 1.65. The number of aromatic nitrogens is 2. The van der Waals surface area contributed by atoms with Crippen molar-refractivity contribution in [2.75, 3.05) is 19.8 Å². The molecule has 0 aliphatic carbocycles. The van der Waals surface area contributed by atoms with Crippen LogP contribution >= 0.6 is 0 Å². The predicted octanol–water partition coefficient (Wildman–Crippen LogP) is 6.63. The molecule has 160 valence electrons. The van der Waals surface area contributed by atoms with Crippen LogP contribution in [0, 0.1) is 0 Å². The molecule has 1 aromatic carbocycles. The molecule has 0 N–H and O–H groups in total. The third-order valence-electron chi connectivity index (χ3n) is 5.00. The first-order valence-corrected chi connectivity index (χ1v) is 11.5. The number of ether oxygens (including phenoxy) is 2. The number of rotatable bonds is 16. The standard InChI is InChI=1S/C25H38N2O2/c1-3-5-7-8-12-22-13-15-23(16-14-22)25-26-20-24(21-27-25)29-19-11-10-18-28-17-9-6-4-2/h13-16,20-21H,3-12,17-19H2,1-2H3. The second-order valence-corrected chi connectivity index (χ2v) is 7.63. The second-order valence-electron chi connectivity index (χ2n) is 7.63. The lowest BCUT2D eigenvalue weighted by molar-refractivity contribution is 0.122. The van der Waals surface area contributed by atoms with Gasteiger partial charge in [0.1, 0.15) is 0 Å². The van der Waals surface area contributed by atoms with Gasteiger partial charge in [0.15, 0.2) is 11.6 Å². The highest BCUT2D eigenvalue weighted by molar-refractivity contribution is 5.55. The summed E-state index contributed by atoms with van der Waals surface area (Å²) in [4.78, 5) is 8.92. The van der Waals surface area contributed by atoms with Crippen molar-refractivity contribution in [2.45, 2.75) is 78.1 Å². The van der Waals surface area contributed by atoms with Crippen LogP contribution in [-0.2, 0) is 11.2 Å². The molecule has 0 amide bonds. The molecule has 0 bridgehead atoms. The van der Waals surface area contributed by atoms with E-state index in [0.29, 0.717) is 6.61 Å². The third-order valence-corrected chi connectivity index (χ3v) is 5.00. The van der Waals surface area contributed by atoms with Crippen LogP contribution in [0.2, 0.25) is 0 Å². The van der Waals surface area contributed by atoms with Crippen LogP contribution in [0.4, 0.5) is 0 Å². The fraction of sp³-hybridized carbons (Fsp3) is 0.600. The van der Waals surface area contributed by atoms with Gasteiger partial charge in [-0.15, -0.1) is 0 Å². The summed E-state index contributed by atoms with van der Waals surface area (Å²) in [6.45, 7) is 6.82. The molecule has 4 nitrogen and oxygen atoms in total. The normalized spacial score (nSPS) is 11.0. The molecule has 0 radical (unpaired) electrons. The summed E-state index contributed by atoms with van der Waals surface area (Å²) in [5.41, 5.74) is 2.44. The van der Waals surface area contributed by atoms with Crippen LogP contribution in [0.15, 0.2) is 36.7 Å².